The summed E-state index contributed by atoms with van der Waals surface area (Å²) in [4.78, 5) is 15.8. The van der Waals surface area contributed by atoms with Gasteiger partial charge in [0, 0.05) is 18.3 Å². The van der Waals surface area contributed by atoms with E-state index >= 15 is 0 Å². The van der Waals surface area contributed by atoms with Crippen LogP contribution in [0, 0.1) is 11.6 Å². The van der Waals surface area contributed by atoms with E-state index < -0.39 is 45.1 Å². The molecule has 2 N–H and O–H groups in total. The maximum Gasteiger partial charge on any atom is 0.433 e. The molecule has 0 aliphatic carbocycles. The Bertz CT molecular complexity index is 1140. The van der Waals surface area contributed by atoms with E-state index in [0.717, 1.165) is 43.4 Å². The topological polar surface area (TPSA) is 88.2 Å². The third-order valence-corrected chi connectivity index (χ3v) is 5.16. The van der Waals surface area contributed by atoms with E-state index in [1.165, 1.54) is 12.1 Å². The van der Waals surface area contributed by atoms with Crippen molar-refractivity contribution in [2.75, 3.05) is 11.0 Å². The van der Waals surface area contributed by atoms with Gasteiger partial charge in [0.1, 0.15) is 11.4 Å². The highest BCUT2D eigenvalue weighted by molar-refractivity contribution is 7.92. The number of benzene rings is 1. The molecule has 0 spiro atoms. The molecule has 0 bridgehead atoms. The van der Waals surface area contributed by atoms with Gasteiger partial charge in [-0.2, -0.15) is 13.2 Å². The van der Waals surface area contributed by atoms with Gasteiger partial charge in [0.05, 0.1) is 6.26 Å². The molecule has 1 heterocycles. The molecule has 0 unspecified atom stereocenters. The Morgan fingerprint density at radius 2 is 1.76 bits per heavy atom. The number of sulfonamides is 1. The number of amides is 1. The first kappa shape index (κ1) is 27.2. The lowest BCUT2D eigenvalue weighted by atomic mass is 10.1. The largest absolute Gasteiger partial charge is 0.433 e. The first-order chi connectivity index (χ1) is 15.8. The van der Waals surface area contributed by atoms with Crippen LogP contribution in [0.2, 0.25) is 0 Å². The van der Waals surface area contributed by atoms with Crippen molar-refractivity contribution in [3.8, 4) is 0 Å². The zero-order valence-electron chi connectivity index (χ0n) is 18.5. The predicted octanol–water partition coefficient (Wildman–Crippen LogP) is 4.81. The van der Waals surface area contributed by atoms with Crippen molar-refractivity contribution in [1.82, 2.24) is 10.3 Å². The Labute approximate surface area is 194 Å². The van der Waals surface area contributed by atoms with Crippen molar-refractivity contribution in [3.63, 3.8) is 0 Å². The lowest BCUT2D eigenvalue weighted by Crippen LogP contribution is -2.21. The van der Waals surface area contributed by atoms with Crippen LogP contribution in [0.15, 0.2) is 30.3 Å². The van der Waals surface area contributed by atoms with E-state index in [2.05, 4.69) is 10.3 Å². The summed E-state index contributed by atoms with van der Waals surface area (Å²) in [7, 11) is -3.89. The Morgan fingerprint density at radius 1 is 1.12 bits per heavy atom. The summed E-state index contributed by atoms with van der Waals surface area (Å²) in [6, 6.07) is 3.80. The molecule has 34 heavy (non-hydrogen) atoms. The van der Waals surface area contributed by atoms with Crippen LogP contribution in [0.25, 0.3) is 6.08 Å². The van der Waals surface area contributed by atoms with Crippen LogP contribution in [0.1, 0.15) is 48.7 Å². The maximum atomic E-state index is 14.0. The number of pyridine rings is 1. The Kier molecular flexibility index (Phi) is 9.14. The summed E-state index contributed by atoms with van der Waals surface area (Å²) in [6.45, 7) is 1.68. The van der Waals surface area contributed by atoms with Crippen molar-refractivity contribution in [2.45, 2.75) is 45.3 Å². The van der Waals surface area contributed by atoms with Crippen molar-refractivity contribution in [2.24, 2.45) is 0 Å². The number of halogens is 5. The number of aromatic nitrogens is 1. The average Bonchev–Trinajstić information content (AvgIpc) is 2.72. The molecule has 0 fully saturated rings. The molecule has 1 aromatic carbocycles. The van der Waals surface area contributed by atoms with Crippen molar-refractivity contribution < 1.29 is 35.2 Å². The molecule has 0 radical (unpaired) electrons. The van der Waals surface area contributed by atoms with Gasteiger partial charge in [-0.25, -0.2) is 22.2 Å². The van der Waals surface area contributed by atoms with Gasteiger partial charge in [0.25, 0.3) is 0 Å². The SMILES string of the molecule is CCCCCc1nc(C(F)(F)F)ccc1/C=C/C(=O)NCc1cc(F)c(NS(C)(=O)=O)c(F)c1. The lowest BCUT2D eigenvalue weighted by Gasteiger charge is -2.11. The number of carbonyl (C=O) groups excluding carboxylic acids is 1. The average molecular weight is 506 g/mol. The van der Waals surface area contributed by atoms with E-state index in [9.17, 15) is 35.2 Å². The van der Waals surface area contributed by atoms with Crippen LogP contribution in [0.5, 0.6) is 0 Å². The lowest BCUT2D eigenvalue weighted by molar-refractivity contribution is -0.141. The van der Waals surface area contributed by atoms with Gasteiger partial charge in [0.2, 0.25) is 15.9 Å². The third kappa shape index (κ3) is 8.40. The van der Waals surface area contributed by atoms with E-state index in [0.29, 0.717) is 18.4 Å². The van der Waals surface area contributed by atoms with E-state index in [1.807, 2.05) is 6.92 Å². The Hall–Kier alpha value is -3.02. The first-order valence-electron chi connectivity index (χ1n) is 10.3. The molecule has 6 nitrogen and oxygen atoms in total. The highest BCUT2D eigenvalue weighted by Crippen LogP contribution is 2.29. The number of nitrogens with one attached hydrogen (secondary N) is 2. The van der Waals surface area contributed by atoms with Crippen molar-refractivity contribution in [1.29, 1.82) is 0 Å². The fourth-order valence-electron chi connectivity index (χ4n) is 2.99. The molecule has 2 rings (SSSR count). The highest BCUT2D eigenvalue weighted by Gasteiger charge is 2.32. The van der Waals surface area contributed by atoms with E-state index in [4.69, 9.17) is 0 Å². The summed E-state index contributed by atoms with van der Waals surface area (Å²) in [6.07, 6.45) is 1.20. The number of alkyl halides is 3. The second-order valence-corrected chi connectivity index (χ2v) is 9.30. The quantitative estimate of drug-likeness (QED) is 0.276. The third-order valence-electron chi connectivity index (χ3n) is 4.59. The number of hydrogen-bond acceptors (Lipinski definition) is 4. The summed E-state index contributed by atoms with van der Waals surface area (Å²) >= 11 is 0. The second kappa shape index (κ2) is 11.4. The van der Waals surface area contributed by atoms with Crippen LogP contribution in [-0.4, -0.2) is 25.6 Å². The molecule has 186 valence electrons. The molecular formula is C22H24F5N3O3S. The smallest absolute Gasteiger partial charge is 0.348 e. The molecule has 0 saturated carbocycles. The molecule has 2 aromatic rings. The van der Waals surface area contributed by atoms with Gasteiger partial charge < -0.3 is 5.32 Å². The summed E-state index contributed by atoms with van der Waals surface area (Å²) in [5.41, 5.74) is -1.24. The molecule has 12 heteroatoms. The minimum Gasteiger partial charge on any atom is -0.348 e. The minimum absolute atomic E-state index is 0.0345. The monoisotopic (exact) mass is 505 g/mol. The molecule has 1 amide bonds. The minimum atomic E-state index is -4.59. The molecule has 1 aromatic heterocycles. The number of aryl methyl sites for hydroxylation is 1. The Balaban J connectivity index is 2.11. The zero-order chi connectivity index (χ0) is 25.5. The predicted molar refractivity (Wildman–Crippen MR) is 118 cm³/mol. The molecule has 0 atom stereocenters. The highest BCUT2D eigenvalue weighted by atomic mass is 32.2. The van der Waals surface area contributed by atoms with Gasteiger partial charge in [0.15, 0.2) is 11.6 Å². The van der Waals surface area contributed by atoms with E-state index in [-0.39, 0.29) is 17.8 Å². The summed E-state index contributed by atoms with van der Waals surface area (Å²) in [5, 5.41) is 2.40. The standard InChI is InChI=1S/C22H24F5N3O3S/c1-3-4-5-6-18-15(7-9-19(29-18)22(25,26)27)8-10-20(31)28-13-14-11-16(23)21(17(24)12-14)30-34(2,32)33/h7-12,30H,3-6,13H2,1-2H3,(H,28,31)/b10-8+. The number of rotatable bonds is 10. The normalized spacial score (nSPS) is 12.2. The fourth-order valence-corrected chi connectivity index (χ4v) is 3.55. The van der Waals surface area contributed by atoms with Gasteiger partial charge in [-0.3, -0.25) is 9.52 Å². The zero-order valence-corrected chi connectivity index (χ0v) is 19.3. The fraction of sp³-hybridized carbons (Fsp3) is 0.364. The van der Waals surface area contributed by atoms with Crippen molar-refractivity contribution >= 4 is 27.7 Å². The maximum absolute atomic E-state index is 14.0. The number of anilines is 1. The number of carbonyl (C=O) groups is 1. The van der Waals surface area contributed by atoms with Crippen LogP contribution < -0.4 is 10.0 Å². The van der Waals surface area contributed by atoms with Gasteiger partial charge >= 0.3 is 6.18 Å². The number of nitrogens with zero attached hydrogens (tertiary/aromatic N) is 1. The van der Waals surface area contributed by atoms with E-state index in [1.54, 1.807) is 4.72 Å². The van der Waals surface area contributed by atoms with Crippen LogP contribution in [-0.2, 0) is 34.0 Å². The second-order valence-electron chi connectivity index (χ2n) is 7.55. The summed E-state index contributed by atoms with van der Waals surface area (Å²) < 4.78 is 91.2. The molecule has 0 aliphatic rings. The van der Waals surface area contributed by atoms with Crippen LogP contribution >= 0.6 is 0 Å². The Morgan fingerprint density at radius 3 is 2.32 bits per heavy atom. The van der Waals surface area contributed by atoms with Crippen LogP contribution in [0.4, 0.5) is 27.6 Å². The number of unbranched alkanes of at least 4 members (excludes halogenated alkanes) is 2. The molecule has 0 aliphatic heterocycles. The summed E-state index contributed by atoms with van der Waals surface area (Å²) in [5.74, 6) is -2.96. The molecule has 0 saturated heterocycles. The van der Waals surface area contributed by atoms with Gasteiger partial charge in [-0.1, -0.05) is 25.8 Å². The van der Waals surface area contributed by atoms with Gasteiger partial charge in [-0.15, -0.1) is 0 Å². The van der Waals surface area contributed by atoms with Gasteiger partial charge in [-0.05, 0) is 48.2 Å². The molecular weight excluding hydrogens is 481 g/mol. The first-order valence-corrected chi connectivity index (χ1v) is 12.2. The number of hydrogen-bond donors (Lipinski definition) is 2. The van der Waals surface area contributed by atoms with Crippen LogP contribution in [0.3, 0.4) is 0 Å². The van der Waals surface area contributed by atoms with Crippen molar-refractivity contribution in [3.05, 3.63) is 64.5 Å².